The molecule has 0 saturated heterocycles. The molecule has 234 valence electrons. The van der Waals surface area contributed by atoms with E-state index in [1.807, 2.05) is 109 Å². The first-order valence-electron chi connectivity index (χ1n) is 14.6. The fraction of sp³-hybridized carbons (Fsp3) is 0.167. The number of hydrogen-bond donors (Lipinski definition) is 2. The minimum absolute atomic E-state index is 0.154. The summed E-state index contributed by atoms with van der Waals surface area (Å²) in [6, 6.07) is 34.7. The third-order valence-electron chi connectivity index (χ3n) is 6.95. The van der Waals surface area contributed by atoms with E-state index in [1.54, 1.807) is 14.2 Å². The topological polar surface area (TPSA) is 102 Å². The van der Waals surface area contributed by atoms with Gasteiger partial charge in [0.1, 0.15) is 11.5 Å². The molecule has 0 bridgehead atoms. The van der Waals surface area contributed by atoms with Crippen LogP contribution in [0.1, 0.15) is 43.2 Å². The molecule has 0 saturated carbocycles. The first kappa shape index (κ1) is 32.6. The number of methoxy groups -OCH3 is 2. The number of anilines is 2. The van der Waals surface area contributed by atoms with E-state index in [-0.39, 0.29) is 33.3 Å². The number of aromatic nitrogens is 2. The van der Waals surface area contributed by atoms with Crippen LogP contribution in [0.2, 0.25) is 0 Å². The first-order chi connectivity index (χ1) is 22.5. The predicted octanol–water partition coefficient (Wildman–Crippen LogP) is 7.87. The number of benzene rings is 4. The Kier molecular flexibility index (Phi) is 11.7. The highest BCUT2D eigenvalue weighted by Crippen LogP contribution is 2.29. The zero-order valence-electron chi connectivity index (χ0n) is 25.6. The van der Waals surface area contributed by atoms with Crippen LogP contribution in [0, 0.1) is 0 Å². The summed E-state index contributed by atoms with van der Waals surface area (Å²) < 4.78 is 10.5. The van der Waals surface area contributed by atoms with Crippen molar-refractivity contribution in [3.63, 3.8) is 0 Å². The van der Waals surface area contributed by atoms with Crippen molar-refractivity contribution in [2.24, 2.45) is 0 Å². The Bertz CT molecular complexity index is 1610. The largest absolute Gasteiger partial charge is 0.497 e. The van der Waals surface area contributed by atoms with Gasteiger partial charge in [-0.1, -0.05) is 108 Å². The van der Waals surface area contributed by atoms with Crippen molar-refractivity contribution in [1.29, 1.82) is 0 Å². The molecular formula is C36H34N4O4S2. The normalized spacial score (nSPS) is 10.7. The number of nitrogens with one attached hydrogen (secondary N) is 2. The third kappa shape index (κ3) is 9.12. The molecule has 1 heterocycles. The summed E-state index contributed by atoms with van der Waals surface area (Å²) in [5.74, 6) is 2.89. The summed E-state index contributed by atoms with van der Waals surface area (Å²) in [4.78, 5) is 36.9. The van der Waals surface area contributed by atoms with Crippen LogP contribution < -0.4 is 20.1 Å². The molecule has 0 amide bonds. The summed E-state index contributed by atoms with van der Waals surface area (Å²) in [5.41, 5.74) is 4.25. The monoisotopic (exact) mass is 650 g/mol. The lowest BCUT2D eigenvalue weighted by Gasteiger charge is -2.16. The quantitative estimate of drug-likeness (QED) is 0.123. The van der Waals surface area contributed by atoms with E-state index >= 15 is 0 Å². The van der Waals surface area contributed by atoms with Gasteiger partial charge in [-0.25, -0.2) is 9.97 Å². The highest BCUT2D eigenvalue weighted by molar-refractivity contribution is 8.13. The molecule has 0 fully saturated rings. The van der Waals surface area contributed by atoms with E-state index in [4.69, 9.17) is 19.4 Å². The average molecular weight is 651 g/mol. The van der Waals surface area contributed by atoms with Crippen LogP contribution in [-0.2, 0) is 24.6 Å². The number of carbonyl (C=O) groups excluding carboxylic acids is 2. The number of carbonyl (C=O) groups is 2. The van der Waals surface area contributed by atoms with Gasteiger partial charge in [-0.15, -0.1) is 0 Å². The minimum Gasteiger partial charge on any atom is -0.497 e. The van der Waals surface area contributed by atoms with Crippen molar-refractivity contribution < 1.29 is 19.1 Å². The van der Waals surface area contributed by atoms with Crippen LogP contribution in [0.4, 0.5) is 11.6 Å². The number of ether oxygens (including phenoxy) is 2. The van der Waals surface area contributed by atoms with E-state index in [2.05, 4.69) is 10.6 Å². The van der Waals surface area contributed by atoms with Gasteiger partial charge in [0.2, 0.25) is 10.2 Å². The molecule has 2 N–H and O–H groups in total. The predicted molar refractivity (Wildman–Crippen MR) is 187 cm³/mol. The van der Waals surface area contributed by atoms with E-state index in [0.29, 0.717) is 24.6 Å². The van der Waals surface area contributed by atoms with Gasteiger partial charge < -0.3 is 20.1 Å². The molecule has 0 aliphatic heterocycles. The van der Waals surface area contributed by atoms with Gasteiger partial charge in [0.15, 0.2) is 23.0 Å². The molecule has 0 aliphatic carbocycles. The van der Waals surface area contributed by atoms with Crippen molar-refractivity contribution in [3.05, 3.63) is 143 Å². The molecule has 0 radical (unpaired) electrons. The Hall–Kier alpha value is -4.80. The van der Waals surface area contributed by atoms with Gasteiger partial charge in [-0.3, -0.25) is 9.59 Å². The molecule has 0 aliphatic rings. The summed E-state index contributed by atoms with van der Waals surface area (Å²) >= 11 is 2.26. The van der Waals surface area contributed by atoms with E-state index in [0.717, 1.165) is 57.3 Å². The maximum Gasteiger partial charge on any atom is 0.241 e. The molecule has 1 aromatic heterocycles. The van der Waals surface area contributed by atoms with Gasteiger partial charge >= 0.3 is 0 Å². The van der Waals surface area contributed by atoms with Crippen molar-refractivity contribution >= 4 is 45.4 Å². The van der Waals surface area contributed by atoms with Crippen LogP contribution in [0.5, 0.6) is 11.5 Å². The standard InChI is InChI=1S/C36H34N4O4S2/c1-43-29-17-13-27(14-18-29)23-45-35(41)31-33(37-21-25-9-5-3-6-10-25)40-32(34(39-31)38-22-26-11-7-4-8-12-26)36(42)46-24-28-15-19-30(44-2)20-16-28/h3-20H,21-24H2,1-2H3,(H,38,39)(H,37,40). The second-order valence-electron chi connectivity index (χ2n) is 10.1. The van der Waals surface area contributed by atoms with E-state index < -0.39 is 0 Å². The Morgan fingerprint density at radius 2 is 0.913 bits per heavy atom. The fourth-order valence-electron chi connectivity index (χ4n) is 4.41. The summed E-state index contributed by atoms with van der Waals surface area (Å²) in [6.07, 6.45) is 0. The molecule has 5 rings (SSSR count). The van der Waals surface area contributed by atoms with Crippen LogP contribution in [-0.4, -0.2) is 34.4 Å². The Labute approximate surface area is 277 Å². The molecule has 8 nitrogen and oxygen atoms in total. The number of hydrogen-bond acceptors (Lipinski definition) is 10. The summed E-state index contributed by atoms with van der Waals surface area (Å²) in [7, 11) is 3.23. The van der Waals surface area contributed by atoms with Gasteiger partial charge in [0, 0.05) is 24.6 Å². The second-order valence-corrected chi connectivity index (χ2v) is 12.0. The second kappa shape index (κ2) is 16.5. The van der Waals surface area contributed by atoms with Gasteiger partial charge in [-0.2, -0.15) is 0 Å². The highest BCUT2D eigenvalue weighted by Gasteiger charge is 2.24. The van der Waals surface area contributed by atoms with Crippen LogP contribution in [0.15, 0.2) is 109 Å². The van der Waals surface area contributed by atoms with E-state index in [9.17, 15) is 9.59 Å². The number of nitrogens with zero attached hydrogens (tertiary/aromatic N) is 2. The lowest BCUT2D eigenvalue weighted by Crippen LogP contribution is -2.17. The zero-order chi connectivity index (χ0) is 32.1. The SMILES string of the molecule is COc1ccc(CSC(=O)c2nc(NCc3ccccc3)c(C(=O)SCc3ccc(OC)cc3)nc2NCc2ccccc2)cc1. The molecular weight excluding hydrogens is 617 g/mol. The molecule has 5 aromatic rings. The van der Waals surface area contributed by atoms with Crippen molar-refractivity contribution in [2.45, 2.75) is 24.6 Å². The average Bonchev–Trinajstić information content (AvgIpc) is 3.12. The third-order valence-corrected chi connectivity index (χ3v) is 8.81. The van der Waals surface area contributed by atoms with Crippen LogP contribution in [0.25, 0.3) is 0 Å². The van der Waals surface area contributed by atoms with Gasteiger partial charge in [-0.05, 0) is 46.5 Å². The van der Waals surface area contributed by atoms with Crippen LogP contribution in [0.3, 0.4) is 0 Å². The van der Waals surface area contributed by atoms with Crippen molar-refractivity contribution in [3.8, 4) is 11.5 Å². The maximum atomic E-state index is 13.7. The first-order valence-corrected chi connectivity index (χ1v) is 16.6. The molecule has 0 atom stereocenters. The maximum absolute atomic E-state index is 13.7. The van der Waals surface area contributed by atoms with Gasteiger partial charge in [0.05, 0.1) is 14.2 Å². The molecule has 0 unspecified atom stereocenters. The van der Waals surface area contributed by atoms with Crippen molar-refractivity contribution in [1.82, 2.24) is 9.97 Å². The number of rotatable bonds is 14. The van der Waals surface area contributed by atoms with Crippen LogP contribution >= 0.6 is 23.5 Å². The summed E-state index contributed by atoms with van der Waals surface area (Å²) in [6.45, 7) is 0.810. The van der Waals surface area contributed by atoms with Crippen molar-refractivity contribution in [2.75, 3.05) is 24.9 Å². The molecule has 46 heavy (non-hydrogen) atoms. The van der Waals surface area contributed by atoms with E-state index in [1.165, 1.54) is 0 Å². The fourth-order valence-corrected chi connectivity index (χ4v) is 5.95. The summed E-state index contributed by atoms with van der Waals surface area (Å²) in [5, 5.41) is 6.04. The smallest absolute Gasteiger partial charge is 0.241 e. The molecule has 4 aromatic carbocycles. The number of thioether (sulfide) groups is 2. The Balaban J connectivity index is 1.44. The Morgan fingerprint density at radius 3 is 1.26 bits per heavy atom. The lowest BCUT2D eigenvalue weighted by molar-refractivity contribution is 0.107. The molecule has 0 spiro atoms. The molecule has 10 heteroatoms. The lowest BCUT2D eigenvalue weighted by atomic mass is 10.2. The van der Waals surface area contributed by atoms with Gasteiger partial charge in [0.25, 0.3) is 0 Å². The zero-order valence-corrected chi connectivity index (χ0v) is 27.2. The highest BCUT2D eigenvalue weighted by atomic mass is 32.2. The minimum atomic E-state index is -0.258. The Morgan fingerprint density at radius 1 is 0.543 bits per heavy atom.